The van der Waals surface area contributed by atoms with Crippen LogP contribution in [0.4, 0.5) is 0 Å². The molecule has 0 aromatic carbocycles. The Bertz CT molecular complexity index is 550. The van der Waals surface area contributed by atoms with Crippen molar-refractivity contribution in [2.45, 2.75) is 85.2 Å². The normalized spacial score (nSPS) is 12.9. The van der Waals surface area contributed by atoms with Crippen LogP contribution in [0.1, 0.15) is 60.8 Å². The molecule has 0 fully saturated rings. The minimum absolute atomic E-state index is 0.300. The van der Waals surface area contributed by atoms with Gasteiger partial charge < -0.3 is 18.9 Å². The quantitative estimate of drug-likeness (QED) is 0.175. The molecule has 0 heterocycles. The second-order valence-electron chi connectivity index (χ2n) is 6.74. The van der Waals surface area contributed by atoms with Gasteiger partial charge in [0.25, 0.3) is 0 Å². The monoisotopic (exact) mass is 386 g/mol. The van der Waals surface area contributed by atoms with Gasteiger partial charge in [-0.1, -0.05) is 6.58 Å². The fourth-order valence-electron chi connectivity index (χ4n) is 1.90. The lowest BCUT2D eigenvalue weighted by molar-refractivity contribution is -0.160. The van der Waals surface area contributed by atoms with Gasteiger partial charge in [0.2, 0.25) is 0 Å². The Kier molecular flexibility index (Phi) is 11.0. The lowest BCUT2D eigenvalue weighted by Gasteiger charge is -2.17. The molecule has 0 saturated heterocycles. The predicted octanol–water partition coefficient (Wildman–Crippen LogP) is 2.48. The maximum absolute atomic E-state index is 11.8. The SMILES string of the molecule is C=C(C(=O)OC(C)C)C(=O)OC(C)CCC(C)OC(=O)CC(=O)OC(C)C. The van der Waals surface area contributed by atoms with Crippen molar-refractivity contribution in [1.82, 2.24) is 0 Å². The first-order valence-electron chi connectivity index (χ1n) is 8.92. The van der Waals surface area contributed by atoms with E-state index < -0.39 is 42.5 Å². The van der Waals surface area contributed by atoms with Crippen molar-refractivity contribution in [2.75, 3.05) is 0 Å². The Hall–Kier alpha value is -2.38. The summed E-state index contributed by atoms with van der Waals surface area (Å²) in [5.41, 5.74) is -0.376. The molecule has 0 aromatic rings. The van der Waals surface area contributed by atoms with Crippen LogP contribution in [0.3, 0.4) is 0 Å². The summed E-state index contributed by atoms with van der Waals surface area (Å²) in [6, 6.07) is 0. The number of esters is 4. The summed E-state index contributed by atoms with van der Waals surface area (Å²) in [6.07, 6.45) is -1.32. The Labute approximate surface area is 160 Å². The van der Waals surface area contributed by atoms with E-state index in [0.717, 1.165) is 0 Å². The third-order valence-electron chi connectivity index (χ3n) is 3.11. The van der Waals surface area contributed by atoms with Crippen molar-refractivity contribution in [3.05, 3.63) is 12.2 Å². The summed E-state index contributed by atoms with van der Waals surface area (Å²) in [6.45, 7) is 13.4. The van der Waals surface area contributed by atoms with E-state index in [1.807, 2.05) is 0 Å². The first-order valence-corrected chi connectivity index (χ1v) is 8.92. The second kappa shape index (κ2) is 12.1. The number of carbonyl (C=O) groups is 4. The molecule has 27 heavy (non-hydrogen) atoms. The molecular weight excluding hydrogens is 356 g/mol. The molecule has 0 aromatic heterocycles. The molecule has 0 saturated carbocycles. The lowest BCUT2D eigenvalue weighted by Crippen LogP contribution is -2.25. The van der Waals surface area contributed by atoms with Crippen LogP contribution in [0, 0.1) is 0 Å². The van der Waals surface area contributed by atoms with Crippen LogP contribution >= 0.6 is 0 Å². The summed E-state index contributed by atoms with van der Waals surface area (Å²) in [5.74, 6) is -2.99. The van der Waals surface area contributed by atoms with Gasteiger partial charge in [0.1, 0.15) is 12.0 Å². The molecule has 154 valence electrons. The van der Waals surface area contributed by atoms with Crippen LogP contribution in [0.25, 0.3) is 0 Å². The molecule has 0 aliphatic rings. The maximum Gasteiger partial charge on any atom is 0.345 e. The molecule has 0 amide bonds. The Morgan fingerprint density at radius 2 is 1.07 bits per heavy atom. The smallest absolute Gasteiger partial charge is 0.345 e. The van der Waals surface area contributed by atoms with E-state index in [1.165, 1.54) is 0 Å². The molecule has 0 aliphatic heterocycles. The largest absolute Gasteiger partial charge is 0.463 e. The molecule has 0 radical (unpaired) electrons. The van der Waals surface area contributed by atoms with E-state index in [4.69, 9.17) is 18.9 Å². The third kappa shape index (κ3) is 11.8. The van der Waals surface area contributed by atoms with Crippen LogP contribution < -0.4 is 0 Å². The molecule has 8 heteroatoms. The van der Waals surface area contributed by atoms with Gasteiger partial charge in [-0.25, -0.2) is 9.59 Å². The van der Waals surface area contributed by atoms with Gasteiger partial charge in [-0.05, 0) is 54.4 Å². The maximum atomic E-state index is 11.8. The Morgan fingerprint density at radius 3 is 1.56 bits per heavy atom. The molecular formula is C19H30O8. The van der Waals surface area contributed by atoms with E-state index in [0.29, 0.717) is 12.8 Å². The van der Waals surface area contributed by atoms with Gasteiger partial charge >= 0.3 is 23.9 Å². The first-order chi connectivity index (χ1) is 12.4. The summed E-state index contributed by atoms with van der Waals surface area (Å²) >= 11 is 0. The van der Waals surface area contributed by atoms with E-state index in [1.54, 1.807) is 41.5 Å². The molecule has 0 bridgehead atoms. The zero-order valence-corrected chi connectivity index (χ0v) is 16.9. The van der Waals surface area contributed by atoms with Crippen LogP contribution in [-0.2, 0) is 38.1 Å². The molecule has 8 nitrogen and oxygen atoms in total. The number of hydrogen-bond donors (Lipinski definition) is 0. The van der Waals surface area contributed by atoms with Crippen molar-refractivity contribution in [1.29, 1.82) is 0 Å². The highest BCUT2D eigenvalue weighted by Gasteiger charge is 2.22. The molecule has 2 unspecified atom stereocenters. The van der Waals surface area contributed by atoms with Gasteiger partial charge in [0.15, 0.2) is 0 Å². The second-order valence-corrected chi connectivity index (χ2v) is 6.74. The summed E-state index contributed by atoms with van der Waals surface area (Å²) < 4.78 is 20.0. The minimum atomic E-state index is -0.853. The summed E-state index contributed by atoms with van der Waals surface area (Å²) in [7, 11) is 0. The summed E-state index contributed by atoms with van der Waals surface area (Å²) in [4.78, 5) is 46.5. The van der Waals surface area contributed by atoms with Crippen LogP contribution in [-0.4, -0.2) is 48.3 Å². The van der Waals surface area contributed by atoms with E-state index >= 15 is 0 Å². The summed E-state index contributed by atoms with van der Waals surface area (Å²) in [5, 5.41) is 0. The number of carbonyl (C=O) groups excluding carboxylic acids is 4. The molecule has 0 rings (SSSR count). The molecule has 2 atom stereocenters. The lowest BCUT2D eigenvalue weighted by atomic mass is 10.1. The molecule has 0 N–H and O–H groups in total. The Balaban J connectivity index is 4.22. The zero-order chi connectivity index (χ0) is 21.1. The first kappa shape index (κ1) is 24.6. The van der Waals surface area contributed by atoms with Crippen LogP contribution in [0.15, 0.2) is 12.2 Å². The van der Waals surface area contributed by atoms with Crippen molar-refractivity contribution in [3.8, 4) is 0 Å². The van der Waals surface area contributed by atoms with E-state index in [-0.39, 0.29) is 17.8 Å². The predicted molar refractivity (Wildman–Crippen MR) is 96.6 cm³/mol. The zero-order valence-electron chi connectivity index (χ0n) is 16.9. The van der Waals surface area contributed by atoms with Gasteiger partial charge in [-0.2, -0.15) is 0 Å². The van der Waals surface area contributed by atoms with Gasteiger partial charge in [-0.3, -0.25) is 9.59 Å². The highest BCUT2D eigenvalue weighted by Crippen LogP contribution is 2.11. The van der Waals surface area contributed by atoms with E-state index in [2.05, 4.69) is 6.58 Å². The van der Waals surface area contributed by atoms with E-state index in [9.17, 15) is 19.2 Å². The average Bonchev–Trinajstić information content (AvgIpc) is 2.50. The van der Waals surface area contributed by atoms with Gasteiger partial charge in [0, 0.05) is 0 Å². The van der Waals surface area contributed by atoms with Crippen molar-refractivity contribution in [3.63, 3.8) is 0 Å². The molecule has 0 spiro atoms. The number of hydrogen-bond acceptors (Lipinski definition) is 8. The number of rotatable bonds is 11. The van der Waals surface area contributed by atoms with Gasteiger partial charge in [0.05, 0.1) is 24.4 Å². The van der Waals surface area contributed by atoms with Crippen molar-refractivity contribution >= 4 is 23.9 Å². The van der Waals surface area contributed by atoms with Crippen molar-refractivity contribution < 1.29 is 38.1 Å². The Morgan fingerprint density at radius 1 is 0.667 bits per heavy atom. The molecule has 0 aliphatic carbocycles. The fraction of sp³-hybridized carbons (Fsp3) is 0.684. The highest BCUT2D eigenvalue weighted by molar-refractivity contribution is 6.13. The van der Waals surface area contributed by atoms with Crippen molar-refractivity contribution in [2.24, 2.45) is 0 Å². The minimum Gasteiger partial charge on any atom is -0.463 e. The van der Waals surface area contributed by atoms with Crippen LogP contribution in [0.5, 0.6) is 0 Å². The number of ether oxygens (including phenoxy) is 4. The topological polar surface area (TPSA) is 105 Å². The average molecular weight is 386 g/mol. The third-order valence-corrected chi connectivity index (χ3v) is 3.11. The standard InChI is InChI=1S/C19H30O8/c1-11(2)24-16(20)10-17(21)26-13(5)8-9-14(6)27-19(23)15(7)18(22)25-12(3)4/h11-14H,7-10H2,1-6H3. The van der Waals surface area contributed by atoms with Gasteiger partial charge in [-0.15, -0.1) is 0 Å². The van der Waals surface area contributed by atoms with Crippen LogP contribution in [0.2, 0.25) is 0 Å². The highest BCUT2D eigenvalue weighted by atomic mass is 16.6. The fourth-order valence-corrected chi connectivity index (χ4v) is 1.90.